The van der Waals surface area contributed by atoms with Crippen LogP contribution in [-0.2, 0) is 11.3 Å². The van der Waals surface area contributed by atoms with Crippen LogP contribution < -0.4 is 10.6 Å². The average molecular weight is 442 g/mol. The first kappa shape index (κ1) is 23.8. The van der Waals surface area contributed by atoms with E-state index >= 15 is 0 Å². The van der Waals surface area contributed by atoms with Crippen molar-refractivity contribution < 1.29 is 4.79 Å². The molecule has 0 aliphatic carbocycles. The monoisotopic (exact) mass is 441 g/mol. The second-order valence-electron chi connectivity index (χ2n) is 7.88. The van der Waals surface area contributed by atoms with Gasteiger partial charge in [-0.2, -0.15) is 0 Å². The van der Waals surface area contributed by atoms with E-state index in [2.05, 4.69) is 34.4 Å². The third-order valence-electron chi connectivity index (χ3n) is 5.12. The van der Waals surface area contributed by atoms with Crippen LogP contribution in [0.2, 0.25) is 10.0 Å². The summed E-state index contributed by atoms with van der Waals surface area (Å²) >= 11 is 12.2. The van der Waals surface area contributed by atoms with Crippen molar-refractivity contribution in [2.24, 2.45) is 4.99 Å². The second kappa shape index (κ2) is 11.6. The molecule has 1 aliphatic rings. The van der Waals surface area contributed by atoms with Crippen LogP contribution in [0.15, 0.2) is 23.2 Å². The van der Waals surface area contributed by atoms with Crippen molar-refractivity contribution in [1.29, 1.82) is 0 Å². The number of halogens is 2. The van der Waals surface area contributed by atoms with Gasteiger partial charge in [-0.05, 0) is 49.9 Å². The lowest BCUT2D eigenvalue weighted by molar-refractivity contribution is -0.127. The molecule has 0 aromatic heterocycles. The molecule has 8 heteroatoms. The fraction of sp³-hybridized carbons (Fsp3) is 0.619. The van der Waals surface area contributed by atoms with E-state index in [0.29, 0.717) is 22.1 Å². The zero-order valence-corrected chi connectivity index (χ0v) is 19.4. The van der Waals surface area contributed by atoms with Crippen LogP contribution in [0.25, 0.3) is 0 Å². The lowest BCUT2D eigenvalue weighted by Gasteiger charge is -2.33. The van der Waals surface area contributed by atoms with Crippen molar-refractivity contribution in [2.45, 2.75) is 51.7 Å². The van der Waals surface area contributed by atoms with Gasteiger partial charge in [0, 0.05) is 55.9 Å². The van der Waals surface area contributed by atoms with Gasteiger partial charge in [0.05, 0.1) is 0 Å². The average Bonchev–Trinajstić information content (AvgIpc) is 2.66. The Kier molecular flexibility index (Phi) is 9.53. The number of likely N-dealkylation sites (N-methyl/N-ethyl adjacent to an activating group) is 1. The number of aliphatic imine (C=N–C) groups is 1. The number of nitrogens with one attached hydrogen (secondary N) is 2. The minimum absolute atomic E-state index is 0.00902. The van der Waals surface area contributed by atoms with E-state index in [4.69, 9.17) is 23.2 Å². The number of carbonyl (C=O) groups excluding carboxylic acids is 1. The minimum atomic E-state index is -0.00902. The summed E-state index contributed by atoms with van der Waals surface area (Å²) in [5.41, 5.74) is 1.14. The van der Waals surface area contributed by atoms with Crippen molar-refractivity contribution in [3.63, 3.8) is 0 Å². The van der Waals surface area contributed by atoms with Gasteiger partial charge in [0.15, 0.2) is 5.96 Å². The quantitative estimate of drug-likeness (QED) is 0.502. The number of rotatable bonds is 7. The van der Waals surface area contributed by atoms with Crippen LogP contribution >= 0.6 is 23.2 Å². The molecule has 1 aromatic rings. The molecule has 1 atom stereocenters. The highest BCUT2D eigenvalue weighted by atomic mass is 35.5. The fourth-order valence-electron chi connectivity index (χ4n) is 3.15. The standard InChI is InChI=1S/C21H33Cl2N5O/c1-5-15(2)25-21(24-13-20(29)27(3)4)26-19-6-8-28(9-7-19)14-16-10-17(22)12-18(23)11-16/h10-12,15,19H,5-9,13-14H2,1-4H3,(H2,24,25,26). The lowest BCUT2D eigenvalue weighted by Crippen LogP contribution is -2.50. The maximum atomic E-state index is 11.9. The molecule has 0 saturated carbocycles. The third-order valence-corrected chi connectivity index (χ3v) is 5.56. The first-order chi connectivity index (χ1) is 13.8. The topological polar surface area (TPSA) is 60.0 Å². The van der Waals surface area contributed by atoms with Crippen LogP contribution in [-0.4, -0.2) is 67.5 Å². The molecule has 29 heavy (non-hydrogen) atoms. The molecule has 162 valence electrons. The predicted octanol–water partition coefficient (Wildman–Crippen LogP) is 3.38. The number of hydrogen-bond acceptors (Lipinski definition) is 3. The maximum Gasteiger partial charge on any atom is 0.243 e. The van der Waals surface area contributed by atoms with Crippen molar-refractivity contribution in [3.05, 3.63) is 33.8 Å². The molecular weight excluding hydrogens is 409 g/mol. The second-order valence-corrected chi connectivity index (χ2v) is 8.75. The van der Waals surface area contributed by atoms with Crippen molar-refractivity contribution in [1.82, 2.24) is 20.4 Å². The Morgan fingerprint density at radius 1 is 1.24 bits per heavy atom. The van der Waals surface area contributed by atoms with E-state index in [1.54, 1.807) is 25.1 Å². The highest BCUT2D eigenvalue weighted by Gasteiger charge is 2.21. The summed E-state index contributed by atoms with van der Waals surface area (Å²) in [5.74, 6) is 0.708. The summed E-state index contributed by atoms with van der Waals surface area (Å²) in [5, 5.41) is 8.26. The fourth-order valence-corrected chi connectivity index (χ4v) is 3.72. The van der Waals surface area contributed by atoms with Gasteiger partial charge in [-0.3, -0.25) is 9.69 Å². The Morgan fingerprint density at radius 3 is 2.41 bits per heavy atom. The molecule has 1 aliphatic heterocycles. The highest BCUT2D eigenvalue weighted by molar-refractivity contribution is 6.34. The van der Waals surface area contributed by atoms with Crippen molar-refractivity contribution in [2.75, 3.05) is 33.7 Å². The summed E-state index contributed by atoms with van der Waals surface area (Å²) in [6.07, 6.45) is 3.01. The van der Waals surface area contributed by atoms with Crippen molar-refractivity contribution in [3.8, 4) is 0 Å². The van der Waals surface area contributed by atoms with Crippen LogP contribution in [0.5, 0.6) is 0 Å². The van der Waals surface area contributed by atoms with E-state index in [9.17, 15) is 4.79 Å². The molecule has 1 aromatic carbocycles. The van der Waals surface area contributed by atoms with Gasteiger partial charge in [-0.15, -0.1) is 0 Å². The van der Waals surface area contributed by atoms with Gasteiger partial charge in [0.2, 0.25) is 5.91 Å². The van der Waals surface area contributed by atoms with Crippen LogP contribution in [0.4, 0.5) is 0 Å². The molecule has 0 spiro atoms. The number of nitrogens with zero attached hydrogens (tertiary/aromatic N) is 3. The summed E-state index contributed by atoms with van der Waals surface area (Å²) in [4.78, 5) is 20.4. The summed E-state index contributed by atoms with van der Waals surface area (Å²) in [6.45, 7) is 7.19. The Morgan fingerprint density at radius 2 is 1.86 bits per heavy atom. The largest absolute Gasteiger partial charge is 0.354 e. The first-order valence-electron chi connectivity index (χ1n) is 10.2. The number of hydrogen-bond donors (Lipinski definition) is 2. The zero-order valence-electron chi connectivity index (χ0n) is 17.8. The lowest BCUT2D eigenvalue weighted by atomic mass is 10.0. The molecule has 1 heterocycles. The van der Waals surface area contributed by atoms with Crippen LogP contribution in [0.1, 0.15) is 38.7 Å². The van der Waals surface area contributed by atoms with Gasteiger partial charge in [-0.1, -0.05) is 30.1 Å². The van der Waals surface area contributed by atoms with Gasteiger partial charge in [-0.25, -0.2) is 4.99 Å². The molecule has 1 fully saturated rings. The third kappa shape index (κ3) is 8.41. The van der Waals surface area contributed by atoms with Gasteiger partial charge in [0.1, 0.15) is 6.54 Å². The summed E-state index contributed by atoms with van der Waals surface area (Å²) < 4.78 is 0. The summed E-state index contributed by atoms with van der Waals surface area (Å²) in [6, 6.07) is 6.33. The Hall–Kier alpha value is -1.50. The van der Waals surface area contributed by atoms with Crippen LogP contribution in [0.3, 0.4) is 0 Å². The number of guanidine groups is 1. The van der Waals surface area contributed by atoms with E-state index in [-0.39, 0.29) is 12.5 Å². The van der Waals surface area contributed by atoms with Gasteiger partial charge >= 0.3 is 0 Å². The number of carbonyl (C=O) groups is 1. The zero-order chi connectivity index (χ0) is 21.4. The molecule has 0 bridgehead atoms. The minimum Gasteiger partial charge on any atom is -0.354 e. The molecular formula is C21H33Cl2N5O. The van der Waals surface area contributed by atoms with Gasteiger partial charge < -0.3 is 15.5 Å². The Balaban J connectivity index is 1.89. The SMILES string of the molecule is CCC(C)NC(=NCC(=O)N(C)C)NC1CCN(Cc2cc(Cl)cc(Cl)c2)CC1. The molecule has 2 N–H and O–H groups in total. The highest BCUT2D eigenvalue weighted by Crippen LogP contribution is 2.21. The Labute approximate surface area is 184 Å². The normalized spacial score (nSPS) is 17.1. The van der Waals surface area contributed by atoms with E-state index in [1.807, 2.05) is 12.1 Å². The van der Waals surface area contributed by atoms with Crippen molar-refractivity contribution >= 4 is 35.1 Å². The number of amides is 1. The smallest absolute Gasteiger partial charge is 0.243 e. The van der Waals surface area contributed by atoms with Crippen LogP contribution in [0, 0.1) is 0 Å². The predicted molar refractivity (Wildman–Crippen MR) is 122 cm³/mol. The van der Waals surface area contributed by atoms with Gasteiger partial charge in [0.25, 0.3) is 0 Å². The number of benzene rings is 1. The molecule has 2 rings (SSSR count). The number of likely N-dealkylation sites (tertiary alicyclic amines) is 1. The van der Waals surface area contributed by atoms with E-state index in [0.717, 1.165) is 50.4 Å². The Bertz CT molecular complexity index is 682. The maximum absolute atomic E-state index is 11.9. The molecule has 1 amide bonds. The number of piperidine rings is 1. The van der Waals surface area contributed by atoms with E-state index < -0.39 is 0 Å². The first-order valence-corrected chi connectivity index (χ1v) is 11.0. The molecule has 0 radical (unpaired) electrons. The van der Waals surface area contributed by atoms with E-state index in [1.165, 1.54) is 0 Å². The summed E-state index contributed by atoms with van der Waals surface area (Å²) in [7, 11) is 3.49. The molecule has 6 nitrogen and oxygen atoms in total. The molecule has 1 saturated heterocycles. The molecule has 1 unspecified atom stereocenters.